The van der Waals surface area contributed by atoms with E-state index in [-0.39, 0.29) is 0 Å². The molecular weight excluding hydrogens is 150 g/mol. The second-order valence-electron chi connectivity index (χ2n) is 1.91. The topological polar surface area (TPSA) is 114 Å². The molecule has 0 aromatic heterocycles. The third-order valence-corrected chi connectivity index (χ3v) is 1.12. The zero-order valence-electron chi connectivity index (χ0n) is 6.23. The standard InChI is InChI=1S/C4H14N5O2/c5-1-3-8(4-2-6)9(11)7-10/h7,11H,1-6H2/q-1. The van der Waals surface area contributed by atoms with Crippen LogP contribution in [0.1, 0.15) is 0 Å². The van der Waals surface area contributed by atoms with Crippen LogP contribution in [0.3, 0.4) is 0 Å². The van der Waals surface area contributed by atoms with Crippen molar-refractivity contribution in [3.8, 4) is 0 Å². The molecule has 0 bridgehead atoms. The number of hydrogen-bond donors (Lipinski definition) is 4. The molecule has 0 spiro atoms. The average Bonchev–Trinajstić information content (AvgIpc) is 2.03. The molecule has 0 aliphatic carbocycles. The van der Waals surface area contributed by atoms with Crippen molar-refractivity contribution in [1.29, 1.82) is 0 Å². The van der Waals surface area contributed by atoms with Gasteiger partial charge in [-0.3, -0.25) is 10.8 Å². The summed E-state index contributed by atoms with van der Waals surface area (Å²) in [6.07, 6.45) is 0. The molecule has 0 rings (SSSR count). The maximum absolute atomic E-state index is 9.92. The number of rotatable bonds is 6. The van der Waals surface area contributed by atoms with Crippen molar-refractivity contribution in [2.45, 2.75) is 0 Å². The first-order valence-electron chi connectivity index (χ1n) is 3.28. The van der Waals surface area contributed by atoms with Gasteiger partial charge in [0.15, 0.2) is 0 Å². The number of hydrogen-bond acceptors (Lipinski definition) is 7. The van der Waals surface area contributed by atoms with Crippen molar-refractivity contribution in [2.24, 2.45) is 11.5 Å². The Hall–Kier alpha value is -0.280. The molecule has 0 amide bonds. The van der Waals surface area contributed by atoms with E-state index in [4.69, 9.17) is 16.7 Å². The molecule has 0 aromatic rings. The smallest absolute Gasteiger partial charge is 0.0292 e. The van der Waals surface area contributed by atoms with Crippen molar-refractivity contribution >= 4 is 0 Å². The third kappa shape index (κ3) is 4.22. The average molecular weight is 164 g/mol. The van der Waals surface area contributed by atoms with Crippen LogP contribution in [0.2, 0.25) is 0 Å². The summed E-state index contributed by atoms with van der Waals surface area (Å²) in [5.74, 6) is 0. The highest BCUT2D eigenvalue weighted by atomic mass is 16.7. The van der Waals surface area contributed by atoms with Crippen LogP contribution in [0.15, 0.2) is 0 Å². The van der Waals surface area contributed by atoms with Crippen LogP contribution < -0.4 is 17.1 Å². The highest BCUT2D eigenvalue weighted by molar-refractivity contribution is 4.50. The Bertz CT molecular complexity index is 86.6. The van der Waals surface area contributed by atoms with Crippen molar-refractivity contribution in [3.05, 3.63) is 5.21 Å². The maximum atomic E-state index is 9.92. The molecule has 7 nitrogen and oxygen atoms in total. The Kier molecular flexibility index (Phi) is 6.27. The summed E-state index contributed by atoms with van der Waals surface area (Å²) in [5.41, 5.74) is 11.7. The van der Waals surface area contributed by atoms with Crippen molar-refractivity contribution in [2.75, 3.05) is 26.2 Å². The minimum atomic E-state index is 0.333. The predicted molar refractivity (Wildman–Crippen MR) is 39.8 cm³/mol. The molecule has 0 unspecified atom stereocenters. The molecule has 6 N–H and O–H groups in total. The predicted octanol–water partition coefficient (Wildman–Crippen LogP) is -2.19. The first-order valence-corrected chi connectivity index (χ1v) is 3.28. The Morgan fingerprint density at radius 3 is 2.00 bits per heavy atom. The molecule has 0 saturated heterocycles. The van der Waals surface area contributed by atoms with Gasteiger partial charge in [0, 0.05) is 26.2 Å². The van der Waals surface area contributed by atoms with Crippen LogP contribution in [0.4, 0.5) is 0 Å². The quantitative estimate of drug-likeness (QED) is 0.330. The second-order valence-corrected chi connectivity index (χ2v) is 1.91. The Labute approximate surface area is 65.0 Å². The van der Waals surface area contributed by atoms with E-state index >= 15 is 0 Å². The molecule has 11 heavy (non-hydrogen) atoms. The van der Waals surface area contributed by atoms with Crippen LogP contribution in [0, 0.1) is 5.21 Å². The highest BCUT2D eigenvalue weighted by Gasteiger charge is 2.06. The zero-order chi connectivity index (χ0) is 8.69. The molecule has 0 heterocycles. The van der Waals surface area contributed by atoms with Gasteiger partial charge in [0.1, 0.15) is 0 Å². The SMILES string of the molecule is NCCN(CCN)N(O)N[O-]. The van der Waals surface area contributed by atoms with E-state index in [0.29, 0.717) is 31.5 Å². The van der Waals surface area contributed by atoms with E-state index in [2.05, 4.69) is 0 Å². The molecule has 0 fully saturated rings. The summed E-state index contributed by atoms with van der Waals surface area (Å²) in [4.78, 5) is 0. The third-order valence-electron chi connectivity index (χ3n) is 1.12. The van der Waals surface area contributed by atoms with E-state index in [0.717, 1.165) is 0 Å². The van der Waals surface area contributed by atoms with E-state index in [9.17, 15) is 5.21 Å². The number of nitrogens with zero attached hydrogens (tertiary/aromatic N) is 2. The minimum absolute atomic E-state index is 0.333. The van der Waals surface area contributed by atoms with Gasteiger partial charge in [-0.25, -0.2) is 5.01 Å². The lowest BCUT2D eigenvalue weighted by Gasteiger charge is -2.31. The molecule has 68 valence electrons. The Balaban J connectivity index is 3.66. The summed E-state index contributed by atoms with van der Waals surface area (Å²) in [6.45, 7) is 1.45. The van der Waals surface area contributed by atoms with Crippen LogP contribution in [-0.2, 0) is 0 Å². The van der Waals surface area contributed by atoms with Gasteiger partial charge in [-0.05, 0) is 0 Å². The fourth-order valence-electron chi connectivity index (χ4n) is 0.657. The van der Waals surface area contributed by atoms with E-state index in [1.54, 1.807) is 0 Å². The van der Waals surface area contributed by atoms with Crippen LogP contribution in [-0.4, -0.2) is 41.7 Å². The Morgan fingerprint density at radius 1 is 1.27 bits per heavy atom. The summed E-state index contributed by atoms with van der Waals surface area (Å²) in [5, 5.41) is 20.4. The fraction of sp³-hybridized carbons (Fsp3) is 1.00. The lowest BCUT2D eigenvalue weighted by molar-refractivity contribution is -0.271. The summed E-state index contributed by atoms with van der Waals surface area (Å²) in [6, 6.07) is 0. The zero-order valence-corrected chi connectivity index (χ0v) is 6.23. The number of nitrogens with two attached hydrogens (primary N) is 2. The summed E-state index contributed by atoms with van der Waals surface area (Å²) in [7, 11) is 0. The normalized spacial score (nSPS) is 11.5. The summed E-state index contributed by atoms with van der Waals surface area (Å²) < 4.78 is 0. The van der Waals surface area contributed by atoms with E-state index in [1.807, 2.05) is 0 Å². The number of hydrazine groups is 2. The van der Waals surface area contributed by atoms with Crippen molar-refractivity contribution < 1.29 is 5.21 Å². The lowest BCUT2D eigenvalue weighted by atomic mass is 10.5. The van der Waals surface area contributed by atoms with Crippen LogP contribution >= 0.6 is 0 Å². The molecule has 0 radical (unpaired) electrons. The lowest BCUT2D eigenvalue weighted by Crippen LogP contribution is -2.50. The van der Waals surface area contributed by atoms with E-state index in [1.165, 1.54) is 10.6 Å². The molecule has 0 aromatic carbocycles. The highest BCUT2D eigenvalue weighted by Crippen LogP contribution is 1.86. The minimum Gasteiger partial charge on any atom is -0.772 e. The summed E-state index contributed by atoms with van der Waals surface area (Å²) >= 11 is 0. The fourth-order valence-corrected chi connectivity index (χ4v) is 0.657. The van der Waals surface area contributed by atoms with Crippen molar-refractivity contribution in [1.82, 2.24) is 15.9 Å². The van der Waals surface area contributed by atoms with Crippen LogP contribution in [0.5, 0.6) is 0 Å². The first-order chi connectivity index (χ1) is 5.26. The second kappa shape index (κ2) is 6.43. The van der Waals surface area contributed by atoms with Gasteiger partial charge in [0.05, 0.1) is 0 Å². The van der Waals surface area contributed by atoms with Gasteiger partial charge in [-0.1, -0.05) is 5.28 Å². The largest absolute Gasteiger partial charge is 0.772 e. The van der Waals surface area contributed by atoms with Gasteiger partial charge in [0.25, 0.3) is 0 Å². The molecule has 0 aliphatic rings. The number of nitrogens with one attached hydrogen (secondary N) is 1. The van der Waals surface area contributed by atoms with Gasteiger partial charge in [-0.2, -0.15) is 0 Å². The first kappa shape index (κ1) is 10.7. The molecule has 0 saturated carbocycles. The van der Waals surface area contributed by atoms with Gasteiger partial charge < -0.3 is 16.7 Å². The van der Waals surface area contributed by atoms with Gasteiger partial charge >= 0.3 is 0 Å². The maximum Gasteiger partial charge on any atom is 0.0292 e. The molecule has 7 heteroatoms. The molecule has 0 atom stereocenters. The van der Waals surface area contributed by atoms with Gasteiger partial charge in [0.2, 0.25) is 0 Å². The van der Waals surface area contributed by atoms with Crippen molar-refractivity contribution in [3.63, 3.8) is 0 Å². The molecular formula is C4H14N5O2-. The monoisotopic (exact) mass is 164 g/mol. The van der Waals surface area contributed by atoms with E-state index < -0.39 is 0 Å². The van der Waals surface area contributed by atoms with Gasteiger partial charge in [-0.15, -0.1) is 0 Å². The Morgan fingerprint density at radius 2 is 1.73 bits per heavy atom. The molecule has 0 aliphatic heterocycles. The van der Waals surface area contributed by atoms with Crippen LogP contribution in [0.25, 0.3) is 0 Å².